The fourth-order valence-corrected chi connectivity index (χ4v) is 2.72. The number of ether oxygens (including phenoxy) is 1. The molecule has 0 saturated carbocycles. The number of nitrogens with one attached hydrogen (secondary N) is 2. The number of carbonyl (C=O) groups excluding carboxylic acids is 3. The van der Waals surface area contributed by atoms with Gasteiger partial charge in [0, 0.05) is 5.56 Å². The van der Waals surface area contributed by atoms with E-state index in [9.17, 15) is 23.2 Å². The number of para-hydroxylation sites is 1. The molecule has 0 bridgehead atoms. The fourth-order valence-electron chi connectivity index (χ4n) is 2.72. The Balaban J connectivity index is 2.10. The van der Waals surface area contributed by atoms with Crippen molar-refractivity contribution in [3.8, 4) is 5.75 Å². The lowest BCUT2D eigenvalue weighted by Gasteiger charge is -2.22. The molecule has 2 rings (SSSR count). The van der Waals surface area contributed by atoms with E-state index in [4.69, 9.17) is 0 Å². The highest BCUT2D eigenvalue weighted by Gasteiger charge is 2.44. The van der Waals surface area contributed by atoms with Crippen LogP contribution in [-0.2, 0) is 9.59 Å². The van der Waals surface area contributed by atoms with Gasteiger partial charge in [0.05, 0.1) is 6.04 Å². The van der Waals surface area contributed by atoms with Gasteiger partial charge in [0.2, 0.25) is 5.91 Å². The van der Waals surface area contributed by atoms with Crippen molar-refractivity contribution in [3.63, 3.8) is 0 Å². The minimum atomic E-state index is -2.99. The molecule has 1 saturated heterocycles. The molecule has 0 unspecified atom stereocenters. The minimum absolute atomic E-state index is 0.0363. The van der Waals surface area contributed by atoms with Gasteiger partial charge in [-0.25, -0.2) is 4.79 Å². The summed E-state index contributed by atoms with van der Waals surface area (Å²) in [5, 5.41) is 5.14. The Kier molecular flexibility index (Phi) is 5.79. The van der Waals surface area contributed by atoms with Crippen LogP contribution in [0.15, 0.2) is 24.3 Å². The second-order valence-electron chi connectivity index (χ2n) is 6.39. The van der Waals surface area contributed by atoms with Crippen molar-refractivity contribution in [2.24, 2.45) is 0 Å². The lowest BCUT2D eigenvalue weighted by Crippen LogP contribution is -2.43. The number of rotatable bonds is 7. The van der Waals surface area contributed by atoms with Crippen LogP contribution in [0.5, 0.6) is 5.75 Å². The van der Waals surface area contributed by atoms with Gasteiger partial charge in [-0.3, -0.25) is 14.5 Å². The number of urea groups is 1. The van der Waals surface area contributed by atoms with Crippen molar-refractivity contribution in [2.45, 2.75) is 45.4 Å². The number of benzene rings is 1. The van der Waals surface area contributed by atoms with E-state index in [0.29, 0.717) is 12.0 Å². The molecule has 4 amide bonds. The molecule has 2 N–H and O–H groups in total. The van der Waals surface area contributed by atoms with E-state index in [0.717, 1.165) is 4.90 Å². The standard InChI is InChI=1S/C17H21F2N3O4/c1-4-11(10-7-5-6-8-12(10)26-15(18)19)20-13(23)9-22-14(24)17(2,3)21-16(22)25/h5-8,11,15H,4,9H2,1-3H3,(H,20,23)(H,21,25)/t11-/m0/s1. The van der Waals surface area contributed by atoms with Crippen LogP contribution in [-0.4, -0.2) is 41.4 Å². The summed E-state index contributed by atoms with van der Waals surface area (Å²) in [7, 11) is 0. The van der Waals surface area contributed by atoms with E-state index in [2.05, 4.69) is 15.4 Å². The van der Waals surface area contributed by atoms with Crippen LogP contribution in [0.25, 0.3) is 0 Å². The quantitative estimate of drug-likeness (QED) is 0.721. The number of hydrogen-bond acceptors (Lipinski definition) is 4. The molecule has 7 nitrogen and oxygen atoms in total. The Hall–Kier alpha value is -2.71. The van der Waals surface area contributed by atoms with Crippen molar-refractivity contribution >= 4 is 17.8 Å². The summed E-state index contributed by atoms with van der Waals surface area (Å²) >= 11 is 0. The Labute approximate surface area is 149 Å². The van der Waals surface area contributed by atoms with E-state index < -0.39 is 42.6 Å². The van der Waals surface area contributed by atoms with Crippen LogP contribution < -0.4 is 15.4 Å². The smallest absolute Gasteiger partial charge is 0.387 e. The van der Waals surface area contributed by atoms with Crippen LogP contribution in [0.2, 0.25) is 0 Å². The van der Waals surface area contributed by atoms with Gasteiger partial charge in [0.15, 0.2) is 0 Å². The van der Waals surface area contributed by atoms with Crippen LogP contribution in [0, 0.1) is 0 Å². The van der Waals surface area contributed by atoms with E-state index >= 15 is 0 Å². The van der Waals surface area contributed by atoms with E-state index in [1.54, 1.807) is 25.1 Å². The molecule has 9 heteroatoms. The third kappa shape index (κ3) is 4.27. The average Bonchev–Trinajstić information content (AvgIpc) is 2.74. The first-order valence-electron chi connectivity index (χ1n) is 8.13. The lowest BCUT2D eigenvalue weighted by atomic mass is 10.0. The maximum atomic E-state index is 12.6. The van der Waals surface area contributed by atoms with Crippen LogP contribution in [0.4, 0.5) is 13.6 Å². The van der Waals surface area contributed by atoms with Gasteiger partial charge in [0.25, 0.3) is 5.91 Å². The molecule has 1 fully saturated rings. The molecular weight excluding hydrogens is 348 g/mol. The van der Waals surface area contributed by atoms with Gasteiger partial charge in [-0.05, 0) is 26.3 Å². The van der Waals surface area contributed by atoms with Crippen molar-refractivity contribution in [2.75, 3.05) is 6.54 Å². The molecule has 1 atom stereocenters. The largest absolute Gasteiger partial charge is 0.434 e. The lowest BCUT2D eigenvalue weighted by molar-refractivity contribution is -0.134. The minimum Gasteiger partial charge on any atom is -0.434 e. The summed E-state index contributed by atoms with van der Waals surface area (Å²) in [5.74, 6) is -1.12. The van der Waals surface area contributed by atoms with Gasteiger partial charge >= 0.3 is 12.6 Å². The molecule has 142 valence electrons. The molecule has 1 aromatic carbocycles. The highest BCUT2D eigenvalue weighted by molar-refractivity contribution is 6.08. The molecule has 1 aliphatic heterocycles. The van der Waals surface area contributed by atoms with Crippen LogP contribution >= 0.6 is 0 Å². The molecule has 0 radical (unpaired) electrons. The highest BCUT2D eigenvalue weighted by Crippen LogP contribution is 2.28. The SMILES string of the molecule is CC[C@H](NC(=O)CN1C(=O)NC(C)(C)C1=O)c1ccccc1OC(F)F. The number of nitrogens with zero attached hydrogens (tertiary/aromatic N) is 1. The van der Waals surface area contributed by atoms with Crippen molar-refractivity contribution in [1.29, 1.82) is 0 Å². The summed E-state index contributed by atoms with van der Waals surface area (Å²) < 4.78 is 29.6. The van der Waals surface area contributed by atoms with Crippen LogP contribution in [0.1, 0.15) is 38.8 Å². The zero-order valence-corrected chi connectivity index (χ0v) is 14.7. The molecule has 1 aromatic rings. The van der Waals surface area contributed by atoms with Gasteiger partial charge in [-0.15, -0.1) is 0 Å². The zero-order valence-electron chi connectivity index (χ0n) is 14.7. The monoisotopic (exact) mass is 369 g/mol. The summed E-state index contributed by atoms with van der Waals surface area (Å²) in [5.41, 5.74) is -0.680. The van der Waals surface area contributed by atoms with Crippen molar-refractivity contribution in [1.82, 2.24) is 15.5 Å². The third-order valence-corrected chi connectivity index (χ3v) is 4.00. The average molecular weight is 369 g/mol. The summed E-state index contributed by atoms with van der Waals surface area (Å²) in [6, 6.07) is 4.89. The Morgan fingerprint density at radius 2 is 1.96 bits per heavy atom. The van der Waals surface area contributed by atoms with Gasteiger partial charge < -0.3 is 15.4 Å². The molecule has 26 heavy (non-hydrogen) atoms. The summed E-state index contributed by atoms with van der Waals surface area (Å²) in [6.07, 6.45) is 0.404. The molecule has 1 aliphatic rings. The van der Waals surface area contributed by atoms with E-state index in [1.807, 2.05) is 0 Å². The normalized spacial score (nSPS) is 17.2. The second-order valence-corrected chi connectivity index (χ2v) is 6.39. The predicted octanol–water partition coefficient (Wildman–Crippen LogP) is 2.19. The zero-order chi connectivity index (χ0) is 19.5. The number of alkyl halides is 2. The topological polar surface area (TPSA) is 87.7 Å². The maximum Gasteiger partial charge on any atom is 0.387 e. The maximum absolute atomic E-state index is 12.6. The number of carbonyl (C=O) groups is 3. The van der Waals surface area contributed by atoms with E-state index in [1.165, 1.54) is 19.9 Å². The number of imide groups is 1. The first-order chi connectivity index (χ1) is 12.2. The molecular formula is C17H21F2N3O4. The predicted molar refractivity (Wildman–Crippen MR) is 88.6 cm³/mol. The van der Waals surface area contributed by atoms with E-state index in [-0.39, 0.29) is 5.75 Å². The first-order valence-corrected chi connectivity index (χ1v) is 8.13. The molecule has 0 spiro atoms. The first kappa shape index (κ1) is 19.6. The Bertz CT molecular complexity index is 709. The van der Waals surface area contributed by atoms with Gasteiger partial charge in [-0.1, -0.05) is 25.1 Å². The Morgan fingerprint density at radius 3 is 2.50 bits per heavy atom. The van der Waals surface area contributed by atoms with Crippen LogP contribution in [0.3, 0.4) is 0 Å². The Morgan fingerprint density at radius 1 is 1.31 bits per heavy atom. The molecule has 1 heterocycles. The van der Waals surface area contributed by atoms with Crippen molar-refractivity contribution in [3.05, 3.63) is 29.8 Å². The fraction of sp³-hybridized carbons (Fsp3) is 0.471. The molecule has 0 aromatic heterocycles. The van der Waals surface area contributed by atoms with Crippen molar-refractivity contribution < 1.29 is 27.9 Å². The number of hydrogen-bond donors (Lipinski definition) is 2. The summed E-state index contributed by atoms with van der Waals surface area (Å²) in [4.78, 5) is 37.1. The van der Waals surface area contributed by atoms with Gasteiger partial charge in [0.1, 0.15) is 17.8 Å². The second kappa shape index (κ2) is 7.67. The number of halogens is 2. The van der Waals surface area contributed by atoms with Gasteiger partial charge in [-0.2, -0.15) is 8.78 Å². The highest BCUT2D eigenvalue weighted by atomic mass is 19.3. The summed E-state index contributed by atoms with van der Waals surface area (Å²) in [6.45, 7) is 1.40. The molecule has 0 aliphatic carbocycles. The number of amides is 4. The third-order valence-electron chi connectivity index (χ3n) is 4.00.